The number of para-hydroxylation sites is 2. The fourth-order valence-corrected chi connectivity index (χ4v) is 11.7. The fraction of sp³-hybridized carbons (Fsp3) is 0.0147. The van der Waals surface area contributed by atoms with Crippen LogP contribution in [-0.4, -0.2) is 14.1 Å². The Kier molecular flexibility index (Phi) is 9.71. The normalized spacial score (nSPS) is 12.6. The lowest BCUT2D eigenvalue weighted by molar-refractivity contribution is 0.768. The van der Waals surface area contributed by atoms with Gasteiger partial charge >= 0.3 is 0 Å². The van der Waals surface area contributed by atoms with Crippen molar-refractivity contribution < 1.29 is 0 Å². The second kappa shape index (κ2) is 16.9. The van der Waals surface area contributed by atoms with E-state index in [0.29, 0.717) is 0 Å². The molecule has 0 atom stereocenters. The zero-order valence-corrected chi connectivity index (χ0v) is 39.3. The fourth-order valence-electron chi connectivity index (χ4n) is 11.7. The van der Waals surface area contributed by atoms with Gasteiger partial charge in [0.1, 0.15) is 0 Å². The molecule has 0 spiro atoms. The maximum atomic E-state index is 4.28. The Morgan fingerprint density at radius 3 is 1.57 bits per heavy atom. The van der Waals surface area contributed by atoms with E-state index in [4.69, 9.17) is 0 Å². The zero-order valence-electron chi connectivity index (χ0n) is 39.3. The molecule has 1 aliphatic rings. The van der Waals surface area contributed by atoms with Crippen molar-refractivity contribution in [2.45, 2.75) is 5.41 Å². The van der Waals surface area contributed by atoms with E-state index in [-0.39, 0.29) is 0 Å². The van der Waals surface area contributed by atoms with Crippen molar-refractivity contribution in [1.82, 2.24) is 14.1 Å². The lowest BCUT2D eigenvalue weighted by Gasteiger charge is -2.35. The highest BCUT2D eigenvalue weighted by molar-refractivity contribution is 6.19. The lowest BCUT2D eigenvalue weighted by atomic mass is 9.67. The zero-order chi connectivity index (χ0) is 47.6. The number of aromatic nitrogens is 3. The van der Waals surface area contributed by atoms with E-state index < -0.39 is 5.41 Å². The van der Waals surface area contributed by atoms with Crippen LogP contribution in [0.4, 0.5) is 17.1 Å². The highest BCUT2D eigenvalue weighted by Gasteiger charge is 2.46. The van der Waals surface area contributed by atoms with Crippen molar-refractivity contribution >= 4 is 49.8 Å². The Hall–Kier alpha value is -9.51. The van der Waals surface area contributed by atoms with Gasteiger partial charge in [-0.2, -0.15) is 0 Å². The monoisotopic (exact) mass is 918 g/mol. The van der Waals surface area contributed by atoms with Crippen LogP contribution in [0.2, 0.25) is 0 Å². The van der Waals surface area contributed by atoms with Crippen molar-refractivity contribution in [3.8, 4) is 44.8 Å². The molecule has 4 heteroatoms. The predicted molar refractivity (Wildman–Crippen MR) is 298 cm³/mol. The molecule has 13 aromatic rings. The van der Waals surface area contributed by atoms with Gasteiger partial charge in [0.05, 0.1) is 22.0 Å². The summed E-state index contributed by atoms with van der Waals surface area (Å²) in [6.07, 6.45) is 5.91. The molecule has 338 valence electrons. The van der Waals surface area contributed by atoms with Crippen LogP contribution in [0, 0.1) is 0 Å². The number of fused-ring (bicyclic) bond motifs is 8. The predicted octanol–water partition coefficient (Wildman–Crippen LogP) is 17.3. The van der Waals surface area contributed by atoms with Gasteiger partial charge in [0.25, 0.3) is 0 Å². The van der Waals surface area contributed by atoms with Crippen LogP contribution in [0.15, 0.2) is 279 Å². The van der Waals surface area contributed by atoms with Crippen LogP contribution in [0.1, 0.15) is 22.3 Å². The Balaban J connectivity index is 0.928. The summed E-state index contributed by atoms with van der Waals surface area (Å²) in [7, 11) is 0. The van der Waals surface area contributed by atoms with Gasteiger partial charge in [0.15, 0.2) is 0 Å². The summed E-state index contributed by atoms with van der Waals surface area (Å²) in [6, 6.07) is 95.5. The van der Waals surface area contributed by atoms with E-state index in [1.54, 1.807) is 0 Å². The number of benzene rings is 10. The number of rotatable bonds is 9. The molecule has 0 saturated heterocycles. The topological polar surface area (TPSA) is 26.0 Å². The van der Waals surface area contributed by atoms with Gasteiger partial charge in [-0.15, -0.1) is 0 Å². The standard InChI is InChI=1S/C68H46N4/c1-5-15-52(16-6-1)68(53-17-7-2-8-18-53)63-24-14-13-23-59(63)60-37-35-58(46-64(60)68)71(56-31-25-47(26-32-56)49-39-42-69-43-40-49)57-33-27-48(28-34-57)51-30-38-65-62(45-51)61-36-29-50-41-44-70(54-19-9-3-10-20-54)66(50)67(61)72(65)55-21-11-4-12-22-55/h1-46H. The average molecular weight is 919 g/mol. The van der Waals surface area contributed by atoms with Gasteiger partial charge in [0.2, 0.25) is 0 Å². The lowest BCUT2D eigenvalue weighted by Crippen LogP contribution is -2.28. The van der Waals surface area contributed by atoms with Gasteiger partial charge in [-0.05, 0) is 147 Å². The smallest absolute Gasteiger partial charge is 0.0788 e. The minimum atomic E-state index is -0.524. The Labute approximate surface area is 418 Å². The molecule has 0 bridgehead atoms. The minimum Gasteiger partial charge on any atom is -0.315 e. The molecule has 4 nitrogen and oxygen atoms in total. The van der Waals surface area contributed by atoms with Crippen molar-refractivity contribution in [2.75, 3.05) is 4.90 Å². The summed E-state index contributed by atoms with van der Waals surface area (Å²) in [4.78, 5) is 6.69. The van der Waals surface area contributed by atoms with Gasteiger partial charge in [0, 0.05) is 63.2 Å². The Morgan fingerprint density at radius 1 is 0.361 bits per heavy atom. The summed E-state index contributed by atoms with van der Waals surface area (Å²) < 4.78 is 4.77. The number of pyridine rings is 1. The summed E-state index contributed by atoms with van der Waals surface area (Å²) in [5.41, 5.74) is 20.7. The Morgan fingerprint density at radius 2 is 0.903 bits per heavy atom. The summed E-state index contributed by atoms with van der Waals surface area (Å²) in [5, 5.41) is 3.64. The molecule has 72 heavy (non-hydrogen) atoms. The third-order valence-electron chi connectivity index (χ3n) is 14.9. The molecule has 0 N–H and O–H groups in total. The molecule has 14 rings (SSSR count). The molecule has 0 fully saturated rings. The van der Waals surface area contributed by atoms with Crippen LogP contribution >= 0.6 is 0 Å². The highest BCUT2D eigenvalue weighted by atomic mass is 15.1. The van der Waals surface area contributed by atoms with E-state index in [1.807, 2.05) is 12.4 Å². The molecule has 0 saturated carbocycles. The van der Waals surface area contributed by atoms with Crippen LogP contribution in [-0.2, 0) is 5.41 Å². The van der Waals surface area contributed by atoms with Gasteiger partial charge in [-0.3, -0.25) is 4.98 Å². The minimum absolute atomic E-state index is 0.524. The molecular weight excluding hydrogens is 873 g/mol. The maximum absolute atomic E-state index is 4.28. The summed E-state index contributed by atoms with van der Waals surface area (Å²) in [5.74, 6) is 0. The van der Waals surface area contributed by atoms with Crippen LogP contribution in [0.5, 0.6) is 0 Å². The van der Waals surface area contributed by atoms with Crippen LogP contribution < -0.4 is 4.90 Å². The molecule has 1 aliphatic carbocycles. The average Bonchev–Trinajstić information content (AvgIpc) is 4.14. The van der Waals surface area contributed by atoms with Crippen molar-refractivity contribution in [2.24, 2.45) is 0 Å². The first kappa shape index (κ1) is 41.5. The van der Waals surface area contributed by atoms with E-state index in [0.717, 1.165) is 45.1 Å². The molecule has 0 radical (unpaired) electrons. The number of nitrogens with zero attached hydrogens (tertiary/aromatic N) is 4. The van der Waals surface area contributed by atoms with E-state index in [2.05, 4.69) is 286 Å². The number of anilines is 3. The van der Waals surface area contributed by atoms with Gasteiger partial charge < -0.3 is 14.0 Å². The molecule has 3 aromatic heterocycles. The van der Waals surface area contributed by atoms with Crippen molar-refractivity contribution in [3.05, 3.63) is 302 Å². The van der Waals surface area contributed by atoms with E-state index in [1.165, 1.54) is 71.7 Å². The third-order valence-corrected chi connectivity index (χ3v) is 14.9. The van der Waals surface area contributed by atoms with Gasteiger partial charge in [-0.25, -0.2) is 0 Å². The van der Waals surface area contributed by atoms with Gasteiger partial charge in [-0.1, -0.05) is 170 Å². The first-order valence-electron chi connectivity index (χ1n) is 24.7. The van der Waals surface area contributed by atoms with Crippen LogP contribution in [0.25, 0.3) is 77.5 Å². The number of hydrogen-bond acceptors (Lipinski definition) is 2. The second-order valence-electron chi connectivity index (χ2n) is 18.7. The first-order chi connectivity index (χ1) is 35.7. The number of hydrogen-bond donors (Lipinski definition) is 0. The van der Waals surface area contributed by atoms with Crippen LogP contribution in [0.3, 0.4) is 0 Å². The molecule has 0 unspecified atom stereocenters. The third kappa shape index (κ3) is 6.50. The summed E-state index contributed by atoms with van der Waals surface area (Å²) in [6.45, 7) is 0. The molecular formula is C68H46N4. The Bertz CT molecular complexity index is 4070. The van der Waals surface area contributed by atoms with Crippen molar-refractivity contribution in [3.63, 3.8) is 0 Å². The molecule has 3 heterocycles. The van der Waals surface area contributed by atoms with Crippen molar-refractivity contribution in [1.29, 1.82) is 0 Å². The first-order valence-corrected chi connectivity index (χ1v) is 24.7. The second-order valence-corrected chi connectivity index (χ2v) is 18.7. The largest absolute Gasteiger partial charge is 0.315 e. The summed E-state index contributed by atoms with van der Waals surface area (Å²) >= 11 is 0. The highest BCUT2D eigenvalue weighted by Crippen LogP contribution is 2.57. The molecule has 0 amide bonds. The maximum Gasteiger partial charge on any atom is 0.0788 e. The SMILES string of the molecule is c1ccc(-n2ccc3ccc4c5cc(-c6ccc(N(c7ccc(-c8ccncc8)cc7)c7ccc8c(c7)C(c7ccccc7)(c7ccccc7)c7ccccc7-8)cc6)ccc5n(-c5ccccc5)c4c32)cc1. The molecule has 0 aliphatic heterocycles. The van der Waals surface area contributed by atoms with E-state index in [9.17, 15) is 0 Å². The van der Waals surface area contributed by atoms with E-state index >= 15 is 0 Å². The molecule has 10 aromatic carbocycles. The quantitative estimate of drug-likeness (QED) is 0.144.